The fourth-order valence-corrected chi connectivity index (χ4v) is 4.64. The van der Waals surface area contributed by atoms with E-state index >= 15 is 0 Å². The second-order valence-corrected chi connectivity index (χ2v) is 11.0. The van der Waals surface area contributed by atoms with E-state index in [1.165, 1.54) is 44.9 Å². The first kappa shape index (κ1) is 37.9. The standard InChI is InChI=1S/C36H62O4/c1-3-5-7-9-10-11-12-13-14-15-16-17-22-25-29-33-36(39)40-34(30-26-8-6-4-2)31-27-23-20-18-19-21-24-28-32-35(37)38/h5,7,10-11,13-14,16-17,34H,3-4,6,8-9,12,15,18-33H2,1-2H3,(H,37,38)/b7-5-,11-10-,14-13-,17-16-. The van der Waals surface area contributed by atoms with Crippen LogP contribution in [0, 0.1) is 0 Å². The third-order valence-electron chi connectivity index (χ3n) is 7.07. The maximum absolute atomic E-state index is 12.5. The van der Waals surface area contributed by atoms with Gasteiger partial charge in [-0.05, 0) is 77.0 Å². The molecule has 230 valence electrons. The average molecular weight is 559 g/mol. The summed E-state index contributed by atoms with van der Waals surface area (Å²) in [5.41, 5.74) is 0. The molecule has 4 heteroatoms. The van der Waals surface area contributed by atoms with Crippen LogP contribution in [0.4, 0.5) is 0 Å². The number of carbonyl (C=O) groups is 2. The van der Waals surface area contributed by atoms with Crippen LogP contribution in [0.1, 0.15) is 162 Å². The SMILES string of the molecule is CC/C=C\C/C=C\C/C=C\C/C=C\CCCCC(=O)OC(CCCCCC)CCCCCCCCCCC(=O)O. The Labute approximate surface area is 247 Å². The predicted molar refractivity (Wildman–Crippen MR) is 172 cm³/mol. The Balaban J connectivity index is 3.97. The van der Waals surface area contributed by atoms with Crippen LogP contribution >= 0.6 is 0 Å². The Kier molecular flexibility index (Phi) is 29.8. The number of carbonyl (C=O) groups excluding carboxylic acids is 1. The van der Waals surface area contributed by atoms with E-state index in [1.54, 1.807) is 0 Å². The summed E-state index contributed by atoms with van der Waals surface area (Å²) in [7, 11) is 0. The number of hydrogen-bond acceptors (Lipinski definition) is 3. The highest BCUT2D eigenvalue weighted by Crippen LogP contribution is 2.18. The first-order valence-corrected chi connectivity index (χ1v) is 16.6. The minimum atomic E-state index is -0.688. The van der Waals surface area contributed by atoms with Crippen LogP contribution in [0.15, 0.2) is 48.6 Å². The fourth-order valence-electron chi connectivity index (χ4n) is 4.64. The van der Waals surface area contributed by atoms with Crippen LogP contribution < -0.4 is 0 Å². The number of allylic oxidation sites excluding steroid dienone is 8. The average Bonchev–Trinajstić information content (AvgIpc) is 2.93. The number of carboxylic acids is 1. The van der Waals surface area contributed by atoms with Gasteiger partial charge < -0.3 is 9.84 Å². The maximum atomic E-state index is 12.5. The summed E-state index contributed by atoms with van der Waals surface area (Å²) >= 11 is 0. The molecule has 0 rings (SSSR count). The highest BCUT2D eigenvalue weighted by Gasteiger charge is 2.14. The molecular formula is C36H62O4. The molecule has 0 aliphatic carbocycles. The summed E-state index contributed by atoms with van der Waals surface area (Å²) < 4.78 is 5.92. The van der Waals surface area contributed by atoms with Gasteiger partial charge >= 0.3 is 11.9 Å². The lowest BCUT2D eigenvalue weighted by Gasteiger charge is -2.18. The Morgan fingerprint density at radius 2 is 1.05 bits per heavy atom. The molecule has 40 heavy (non-hydrogen) atoms. The monoisotopic (exact) mass is 558 g/mol. The first-order chi connectivity index (χ1) is 19.6. The highest BCUT2D eigenvalue weighted by atomic mass is 16.5. The minimum absolute atomic E-state index is 0.0213. The van der Waals surface area contributed by atoms with Gasteiger partial charge in [-0.1, -0.05) is 120 Å². The second kappa shape index (κ2) is 31.4. The van der Waals surface area contributed by atoms with Crippen molar-refractivity contribution in [1.82, 2.24) is 0 Å². The topological polar surface area (TPSA) is 63.6 Å². The zero-order chi connectivity index (χ0) is 29.4. The van der Waals surface area contributed by atoms with Crippen molar-refractivity contribution in [3.8, 4) is 0 Å². The number of hydrogen-bond donors (Lipinski definition) is 1. The normalized spacial score (nSPS) is 12.8. The molecule has 0 heterocycles. The molecule has 0 spiro atoms. The molecule has 0 aromatic heterocycles. The fraction of sp³-hybridized carbons (Fsp3) is 0.722. The zero-order valence-corrected chi connectivity index (χ0v) is 26.1. The van der Waals surface area contributed by atoms with Gasteiger partial charge in [0.15, 0.2) is 0 Å². The van der Waals surface area contributed by atoms with Gasteiger partial charge in [0, 0.05) is 12.8 Å². The van der Waals surface area contributed by atoms with Gasteiger partial charge in [-0.2, -0.15) is 0 Å². The molecule has 0 fully saturated rings. The van der Waals surface area contributed by atoms with Gasteiger partial charge in [0.2, 0.25) is 0 Å². The molecule has 0 aliphatic rings. The number of esters is 1. The molecule has 4 nitrogen and oxygen atoms in total. The van der Waals surface area contributed by atoms with Gasteiger partial charge in [-0.25, -0.2) is 0 Å². The molecule has 0 saturated carbocycles. The van der Waals surface area contributed by atoms with Gasteiger partial charge in [0.1, 0.15) is 6.10 Å². The van der Waals surface area contributed by atoms with E-state index in [0.717, 1.165) is 89.9 Å². The number of rotatable bonds is 29. The largest absolute Gasteiger partial charge is 0.481 e. The minimum Gasteiger partial charge on any atom is -0.481 e. The van der Waals surface area contributed by atoms with Crippen molar-refractivity contribution in [2.45, 2.75) is 168 Å². The lowest BCUT2D eigenvalue weighted by Crippen LogP contribution is -2.18. The van der Waals surface area contributed by atoms with Crippen molar-refractivity contribution in [3.05, 3.63) is 48.6 Å². The second-order valence-electron chi connectivity index (χ2n) is 11.0. The van der Waals surface area contributed by atoms with E-state index in [-0.39, 0.29) is 12.1 Å². The molecule has 0 aromatic rings. The molecule has 0 saturated heterocycles. The summed E-state index contributed by atoms with van der Waals surface area (Å²) in [6.45, 7) is 4.38. The number of carboxylic acid groups (broad SMARTS) is 1. The van der Waals surface area contributed by atoms with Gasteiger partial charge in [0.05, 0.1) is 0 Å². The van der Waals surface area contributed by atoms with E-state index in [2.05, 4.69) is 62.5 Å². The van der Waals surface area contributed by atoms with Crippen LogP contribution in [-0.2, 0) is 14.3 Å². The van der Waals surface area contributed by atoms with Crippen LogP contribution in [0.25, 0.3) is 0 Å². The van der Waals surface area contributed by atoms with Crippen molar-refractivity contribution in [2.24, 2.45) is 0 Å². The Morgan fingerprint density at radius 1 is 0.575 bits per heavy atom. The van der Waals surface area contributed by atoms with Crippen molar-refractivity contribution in [1.29, 1.82) is 0 Å². The van der Waals surface area contributed by atoms with E-state index in [1.807, 2.05) is 0 Å². The number of aliphatic carboxylic acids is 1. The van der Waals surface area contributed by atoms with Gasteiger partial charge in [-0.3, -0.25) is 9.59 Å². The van der Waals surface area contributed by atoms with E-state index in [9.17, 15) is 9.59 Å². The van der Waals surface area contributed by atoms with Crippen molar-refractivity contribution in [3.63, 3.8) is 0 Å². The number of unbranched alkanes of at least 4 members (excludes halogenated alkanes) is 12. The molecule has 0 bridgehead atoms. The molecule has 0 aromatic carbocycles. The molecule has 0 aliphatic heterocycles. The van der Waals surface area contributed by atoms with Crippen molar-refractivity contribution < 1.29 is 19.4 Å². The van der Waals surface area contributed by atoms with Crippen LogP contribution in [0.2, 0.25) is 0 Å². The molecule has 0 radical (unpaired) electrons. The quantitative estimate of drug-likeness (QED) is 0.0563. The lowest BCUT2D eigenvalue weighted by atomic mass is 10.0. The van der Waals surface area contributed by atoms with E-state index in [0.29, 0.717) is 12.8 Å². The van der Waals surface area contributed by atoms with Crippen LogP contribution in [0.3, 0.4) is 0 Å². The van der Waals surface area contributed by atoms with Crippen molar-refractivity contribution in [2.75, 3.05) is 0 Å². The summed E-state index contributed by atoms with van der Waals surface area (Å²) in [6.07, 6.45) is 41.4. The predicted octanol–water partition coefficient (Wildman–Crippen LogP) is 11.2. The molecular weight excluding hydrogens is 496 g/mol. The van der Waals surface area contributed by atoms with Crippen LogP contribution in [-0.4, -0.2) is 23.1 Å². The summed E-state index contributed by atoms with van der Waals surface area (Å²) in [5.74, 6) is -0.709. The van der Waals surface area contributed by atoms with E-state index in [4.69, 9.17) is 9.84 Å². The maximum Gasteiger partial charge on any atom is 0.306 e. The Morgan fingerprint density at radius 3 is 1.60 bits per heavy atom. The Bertz CT molecular complexity index is 689. The zero-order valence-electron chi connectivity index (χ0n) is 26.1. The Hall–Kier alpha value is -2.10. The smallest absolute Gasteiger partial charge is 0.306 e. The third kappa shape index (κ3) is 30.4. The first-order valence-electron chi connectivity index (χ1n) is 16.6. The third-order valence-corrected chi connectivity index (χ3v) is 7.07. The summed E-state index contributed by atoms with van der Waals surface area (Å²) in [5, 5.41) is 8.69. The molecule has 1 atom stereocenters. The van der Waals surface area contributed by atoms with Gasteiger partial charge in [-0.15, -0.1) is 0 Å². The van der Waals surface area contributed by atoms with Crippen LogP contribution in [0.5, 0.6) is 0 Å². The summed E-state index contributed by atoms with van der Waals surface area (Å²) in [6, 6.07) is 0. The van der Waals surface area contributed by atoms with Crippen molar-refractivity contribution >= 4 is 11.9 Å². The lowest BCUT2D eigenvalue weighted by molar-refractivity contribution is -0.150. The molecule has 0 amide bonds. The highest BCUT2D eigenvalue weighted by molar-refractivity contribution is 5.69. The number of ether oxygens (including phenoxy) is 1. The molecule has 1 unspecified atom stereocenters. The molecule has 1 N–H and O–H groups in total. The van der Waals surface area contributed by atoms with E-state index < -0.39 is 5.97 Å². The van der Waals surface area contributed by atoms with Gasteiger partial charge in [0.25, 0.3) is 0 Å². The summed E-state index contributed by atoms with van der Waals surface area (Å²) in [4.78, 5) is 23.0.